The Morgan fingerprint density at radius 3 is 3.11 bits per heavy atom. The van der Waals surface area contributed by atoms with Crippen molar-refractivity contribution in [3.63, 3.8) is 0 Å². The second-order valence-corrected chi connectivity index (χ2v) is 1.54. The van der Waals surface area contributed by atoms with E-state index in [-0.39, 0.29) is 6.01 Å². The maximum atomic E-state index is 9.99. The lowest BCUT2D eigenvalue weighted by Gasteiger charge is -1.88. The standard InChI is InChI=1S/C4H3ClN2O2/c5-3(8)9-4-6-1-2-7-4/h1-2H,(H,6,7). The Labute approximate surface area is 55.8 Å². The summed E-state index contributed by atoms with van der Waals surface area (Å²) in [6.07, 6.45) is 2.98. The molecule has 0 aromatic carbocycles. The summed E-state index contributed by atoms with van der Waals surface area (Å²) in [5.41, 5.74) is -0.898. The van der Waals surface area contributed by atoms with Gasteiger partial charge in [-0.3, -0.25) is 0 Å². The molecule has 1 aromatic rings. The molecular weight excluding hydrogens is 144 g/mol. The average molecular weight is 147 g/mol. The molecule has 0 aliphatic rings. The van der Waals surface area contributed by atoms with E-state index in [9.17, 15) is 4.79 Å². The van der Waals surface area contributed by atoms with Gasteiger partial charge < -0.3 is 9.72 Å². The van der Waals surface area contributed by atoms with Crippen LogP contribution in [0.2, 0.25) is 0 Å². The highest BCUT2D eigenvalue weighted by molar-refractivity contribution is 6.61. The van der Waals surface area contributed by atoms with Crippen molar-refractivity contribution in [3.05, 3.63) is 12.4 Å². The Balaban J connectivity index is 2.58. The number of nitrogens with one attached hydrogen (secondary N) is 1. The number of nitrogens with zero attached hydrogens (tertiary/aromatic N) is 1. The van der Waals surface area contributed by atoms with Gasteiger partial charge in [0.25, 0.3) is 0 Å². The molecule has 1 N–H and O–H groups in total. The van der Waals surface area contributed by atoms with E-state index in [4.69, 9.17) is 11.6 Å². The summed E-state index contributed by atoms with van der Waals surface area (Å²) in [4.78, 5) is 16.1. The predicted molar refractivity (Wildman–Crippen MR) is 30.5 cm³/mol. The predicted octanol–water partition coefficient (Wildman–Crippen LogP) is 1.15. The Morgan fingerprint density at radius 1 is 1.89 bits per heavy atom. The number of halogens is 1. The van der Waals surface area contributed by atoms with Crippen molar-refractivity contribution < 1.29 is 9.53 Å². The molecule has 1 rings (SSSR count). The minimum Gasteiger partial charge on any atom is -0.380 e. The van der Waals surface area contributed by atoms with Crippen LogP contribution in [0.15, 0.2) is 12.4 Å². The summed E-state index contributed by atoms with van der Waals surface area (Å²) in [6, 6.07) is 0.106. The Hall–Kier alpha value is -1.03. The molecule has 0 bridgehead atoms. The van der Waals surface area contributed by atoms with Gasteiger partial charge in [0.05, 0.1) is 0 Å². The topological polar surface area (TPSA) is 55.0 Å². The number of aromatic nitrogens is 2. The molecule has 0 amide bonds. The lowest BCUT2D eigenvalue weighted by atomic mass is 11.0. The number of hydrogen-bond donors (Lipinski definition) is 1. The normalized spacial score (nSPS) is 9.00. The van der Waals surface area contributed by atoms with Crippen LogP contribution >= 0.6 is 11.6 Å². The third-order valence-corrected chi connectivity index (χ3v) is 0.727. The number of H-pyrrole nitrogens is 1. The Bertz CT molecular complexity index is 196. The van der Waals surface area contributed by atoms with Crippen molar-refractivity contribution in [2.45, 2.75) is 0 Å². The molecule has 48 valence electrons. The first kappa shape index (κ1) is 6.10. The van der Waals surface area contributed by atoms with Crippen LogP contribution in [-0.2, 0) is 0 Å². The van der Waals surface area contributed by atoms with Gasteiger partial charge >= 0.3 is 11.4 Å². The van der Waals surface area contributed by atoms with E-state index in [0.29, 0.717) is 0 Å². The van der Waals surface area contributed by atoms with Gasteiger partial charge in [-0.25, -0.2) is 9.78 Å². The van der Waals surface area contributed by atoms with Crippen molar-refractivity contribution in [1.29, 1.82) is 0 Å². The second kappa shape index (κ2) is 2.50. The molecule has 0 saturated carbocycles. The molecule has 0 aliphatic heterocycles. The quantitative estimate of drug-likeness (QED) is 0.605. The van der Waals surface area contributed by atoms with Gasteiger partial charge in [0.15, 0.2) is 0 Å². The molecule has 0 atom stereocenters. The van der Waals surface area contributed by atoms with Crippen LogP contribution in [0.25, 0.3) is 0 Å². The van der Waals surface area contributed by atoms with Gasteiger partial charge in [-0.15, -0.1) is 0 Å². The first-order chi connectivity index (χ1) is 4.29. The van der Waals surface area contributed by atoms with E-state index in [1.54, 1.807) is 0 Å². The van der Waals surface area contributed by atoms with Crippen LogP contribution in [0.5, 0.6) is 6.01 Å². The fourth-order valence-electron chi connectivity index (χ4n) is 0.383. The summed E-state index contributed by atoms with van der Waals surface area (Å²) in [5.74, 6) is 0. The fraction of sp³-hybridized carbons (Fsp3) is 0. The number of imidazole rings is 1. The molecule has 0 spiro atoms. The summed E-state index contributed by atoms with van der Waals surface area (Å²) in [6.45, 7) is 0. The highest BCUT2D eigenvalue weighted by atomic mass is 35.5. The maximum Gasteiger partial charge on any atom is 0.411 e. The molecule has 5 heteroatoms. The lowest BCUT2D eigenvalue weighted by molar-refractivity contribution is 0.222. The SMILES string of the molecule is O=C(Cl)Oc1ncc[nH]1. The fourth-order valence-corrected chi connectivity index (χ4v) is 0.456. The zero-order valence-corrected chi connectivity index (χ0v) is 5.05. The molecule has 1 aromatic heterocycles. The van der Waals surface area contributed by atoms with Gasteiger partial charge in [0.2, 0.25) is 0 Å². The van der Waals surface area contributed by atoms with E-state index in [1.807, 2.05) is 0 Å². The monoisotopic (exact) mass is 146 g/mol. The van der Waals surface area contributed by atoms with E-state index < -0.39 is 5.43 Å². The number of carbonyl (C=O) groups excluding carboxylic acids is 1. The molecule has 1 heterocycles. The highest BCUT2D eigenvalue weighted by Crippen LogP contribution is 2.00. The van der Waals surface area contributed by atoms with Crippen LogP contribution in [0.3, 0.4) is 0 Å². The molecule has 4 nitrogen and oxygen atoms in total. The number of carbonyl (C=O) groups is 1. The third-order valence-electron chi connectivity index (χ3n) is 0.650. The van der Waals surface area contributed by atoms with Gasteiger partial charge in [0, 0.05) is 24.0 Å². The van der Waals surface area contributed by atoms with E-state index in [2.05, 4.69) is 14.7 Å². The smallest absolute Gasteiger partial charge is 0.380 e. The van der Waals surface area contributed by atoms with Crippen LogP contribution in [0, 0.1) is 0 Å². The van der Waals surface area contributed by atoms with Crippen molar-refractivity contribution in [1.82, 2.24) is 9.97 Å². The van der Waals surface area contributed by atoms with Crippen molar-refractivity contribution in [2.75, 3.05) is 0 Å². The lowest BCUT2D eigenvalue weighted by Crippen LogP contribution is -1.96. The van der Waals surface area contributed by atoms with Crippen LogP contribution in [0.1, 0.15) is 0 Å². The van der Waals surface area contributed by atoms with Gasteiger partial charge in [-0.1, -0.05) is 0 Å². The first-order valence-electron chi connectivity index (χ1n) is 2.16. The molecule has 9 heavy (non-hydrogen) atoms. The third kappa shape index (κ3) is 1.73. The molecule has 0 radical (unpaired) electrons. The zero-order valence-electron chi connectivity index (χ0n) is 4.30. The van der Waals surface area contributed by atoms with Crippen LogP contribution < -0.4 is 4.74 Å². The molecular formula is C4H3ClN2O2. The summed E-state index contributed by atoms with van der Waals surface area (Å²) < 4.78 is 4.31. The minimum absolute atomic E-state index is 0.106. The Kier molecular flexibility index (Phi) is 1.69. The Morgan fingerprint density at radius 2 is 2.67 bits per heavy atom. The number of hydrogen-bond acceptors (Lipinski definition) is 3. The molecule has 0 aliphatic carbocycles. The molecule has 0 fully saturated rings. The number of ether oxygens (including phenoxy) is 1. The van der Waals surface area contributed by atoms with Crippen molar-refractivity contribution in [3.8, 4) is 6.01 Å². The van der Waals surface area contributed by atoms with Gasteiger partial charge in [0.1, 0.15) is 0 Å². The second-order valence-electron chi connectivity index (χ2n) is 1.23. The first-order valence-corrected chi connectivity index (χ1v) is 2.53. The van der Waals surface area contributed by atoms with Crippen molar-refractivity contribution >= 4 is 17.0 Å². The van der Waals surface area contributed by atoms with Crippen LogP contribution in [0.4, 0.5) is 4.79 Å². The largest absolute Gasteiger partial charge is 0.411 e. The van der Waals surface area contributed by atoms with Crippen LogP contribution in [-0.4, -0.2) is 15.4 Å². The number of rotatable bonds is 1. The zero-order chi connectivity index (χ0) is 6.69. The van der Waals surface area contributed by atoms with E-state index >= 15 is 0 Å². The van der Waals surface area contributed by atoms with E-state index in [1.165, 1.54) is 12.4 Å². The maximum absolute atomic E-state index is 9.99. The molecule has 0 unspecified atom stereocenters. The summed E-state index contributed by atoms with van der Waals surface area (Å²) in [7, 11) is 0. The summed E-state index contributed by atoms with van der Waals surface area (Å²) in [5, 5.41) is 0. The van der Waals surface area contributed by atoms with Gasteiger partial charge in [-0.2, -0.15) is 0 Å². The van der Waals surface area contributed by atoms with Gasteiger partial charge in [-0.05, 0) is 0 Å². The molecule has 0 saturated heterocycles. The van der Waals surface area contributed by atoms with Crippen molar-refractivity contribution in [2.24, 2.45) is 0 Å². The number of aromatic amines is 1. The average Bonchev–Trinajstić information content (AvgIpc) is 2.15. The minimum atomic E-state index is -0.898. The summed E-state index contributed by atoms with van der Waals surface area (Å²) >= 11 is 4.85. The van der Waals surface area contributed by atoms with E-state index in [0.717, 1.165) is 0 Å². The highest BCUT2D eigenvalue weighted by Gasteiger charge is 1.98.